The van der Waals surface area contributed by atoms with E-state index in [1.54, 1.807) is 38.3 Å². The molecule has 0 aliphatic carbocycles. The summed E-state index contributed by atoms with van der Waals surface area (Å²) in [7, 11) is 1.60. The number of carbonyl (C=O) groups excluding carboxylic acids is 1. The quantitative estimate of drug-likeness (QED) is 0.114. The zero-order chi connectivity index (χ0) is 28.2. The van der Waals surface area contributed by atoms with Crippen LogP contribution in [-0.2, 0) is 10.9 Å². The first kappa shape index (κ1) is 28.2. The number of halogens is 4. The average molecular weight is 562 g/mol. The first-order valence-electron chi connectivity index (χ1n) is 12.0. The molecule has 0 bridgehead atoms. The second-order valence-electron chi connectivity index (χ2n) is 8.78. The summed E-state index contributed by atoms with van der Waals surface area (Å²) in [6.45, 7) is 2.86. The SMILES string of the molecule is COCCCNc1nc2c(C(=O)Nc3cccc(Cl)c3C)cc(NC(O)c3ccccc3C(F)(F)F)cc2[nH]1. The van der Waals surface area contributed by atoms with E-state index in [4.69, 9.17) is 16.3 Å². The van der Waals surface area contributed by atoms with Gasteiger partial charge in [-0.25, -0.2) is 4.98 Å². The van der Waals surface area contributed by atoms with Crippen LogP contribution in [0, 0.1) is 6.92 Å². The van der Waals surface area contributed by atoms with Gasteiger partial charge in [0, 0.05) is 42.2 Å². The minimum Gasteiger partial charge on any atom is -0.385 e. The predicted molar refractivity (Wildman–Crippen MR) is 145 cm³/mol. The van der Waals surface area contributed by atoms with E-state index in [1.165, 1.54) is 24.3 Å². The van der Waals surface area contributed by atoms with Crippen LogP contribution in [0.25, 0.3) is 11.0 Å². The molecule has 3 aromatic carbocycles. The molecule has 0 radical (unpaired) electrons. The Kier molecular flexibility index (Phi) is 8.63. The van der Waals surface area contributed by atoms with E-state index in [9.17, 15) is 23.1 Å². The Morgan fingerprint density at radius 1 is 1.18 bits per heavy atom. The topological polar surface area (TPSA) is 111 Å². The maximum absolute atomic E-state index is 13.5. The lowest BCUT2D eigenvalue weighted by molar-refractivity contribution is -0.139. The molecule has 5 N–H and O–H groups in total. The molecule has 1 heterocycles. The number of imidazole rings is 1. The third-order valence-corrected chi connectivity index (χ3v) is 6.44. The second kappa shape index (κ2) is 11.9. The van der Waals surface area contributed by atoms with E-state index >= 15 is 0 Å². The van der Waals surface area contributed by atoms with Gasteiger partial charge in [-0.05, 0) is 49.2 Å². The summed E-state index contributed by atoms with van der Waals surface area (Å²) in [5, 5.41) is 19.8. The lowest BCUT2D eigenvalue weighted by Gasteiger charge is -2.20. The van der Waals surface area contributed by atoms with Crippen LogP contribution in [0.5, 0.6) is 0 Å². The van der Waals surface area contributed by atoms with Crippen molar-refractivity contribution in [3.63, 3.8) is 0 Å². The number of benzene rings is 3. The van der Waals surface area contributed by atoms with Crippen molar-refractivity contribution < 1.29 is 27.8 Å². The third kappa shape index (κ3) is 6.62. The number of amides is 1. The number of H-pyrrole nitrogens is 1. The number of hydrogen-bond donors (Lipinski definition) is 5. The van der Waals surface area contributed by atoms with Crippen molar-refractivity contribution in [1.82, 2.24) is 9.97 Å². The summed E-state index contributed by atoms with van der Waals surface area (Å²) in [6, 6.07) is 12.8. The number of rotatable bonds is 10. The maximum atomic E-state index is 13.5. The lowest BCUT2D eigenvalue weighted by atomic mass is 10.0. The van der Waals surface area contributed by atoms with Gasteiger partial charge in [0.15, 0.2) is 6.23 Å². The summed E-state index contributed by atoms with van der Waals surface area (Å²) in [6.07, 6.45) is -5.65. The van der Waals surface area contributed by atoms with Gasteiger partial charge in [0.05, 0.1) is 16.6 Å². The zero-order valence-corrected chi connectivity index (χ0v) is 21.9. The van der Waals surface area contributed by atoms with Gasteiger partial charge in [-0.3, -0.25) is 4.79 Å². The number of aliphatic hydroxyl groups excluding tert-OH is 1. The molecule has 0 aliphatic heterocycles. The van der Waals surface area contributed by atoms with E-state index in [2.05, 4.69) is 25.9 Å². The fourth-order valence-corrected chi connectivity index (χ4v) is 4.22. The fraction of sp³-hybridized carbons (Fsp3) is 0.259. The molecule has 0 spiro atoms. The molecule has 206 valence electrons. The van der Waals surface area contributed by atoms with Gasteiger partial charge in [0.2, 0.25) is 5.95 Å². The van der Waals surface area contributed by atoms with Crippen LogP contribution in [-0.4, -0.2) is 41.2 Å². The molecule has 1 amide bonds. The fourth-order valence-electron chi connectivity index (χ4n) is 4.04. The van der Waals surface area contributed by atoms with Crippen LogP contribution in [0.15, 0.2) is 54.6 Å². The highest BCUT2D eigenvalue weighted by Crippen LogP contribution is 2.35. The van der Waals surface area contributed by atoms with Crippen molar-refractivity contribution >= 4 is 45.9 Å². The molecule has 0 fully saturated rings. The minimum absolute atomic E-state index is 0.131. The first-order valence-corrected chi connectivity index (χ1v) is 12.4. The Bertz CT molecular complexity index is 1480. The summed E-state index contributed by atoms with van der Waals surface area (Å²) in [4.78, 5) is 21.0. The van der Waals surface area contributed by atoms with Gasteiger partial charge in [-0.2, -0.15) is 13.2 Å². The molecule has 0 saturated heterocycles. The van der Waals surface area contributed by atoms with Crippen molar-refractivity contribution in [3.8, 4) is 0 Å². The van der Waals surface area contributed by atoms with Gasteiger partial charge in [0.25, 0.3) is 5.91 Å². The second-order valence-corrected chi connectivity index (χ2v) is 9.18. The smallest absolute Gasteiger partial charge is 0.385 e. The summed E-state index contributed by atoms with van der Waals surface area (Å²) in [5.41, 5.74) is 0.934. The normalized spacial score (nSPS) is 12.4. The Hall–Kier alpha value is -3.80. The zero-order valence-electron chi connectivity index (χ0n) is 21.1. The number of methoxy groups -OCH3 is 1. The molecule has 1 atom stereocenters. The number of ether oxygens (including phenoxy) is 1. The van der Waals surface area contributed by atoms with Crippen molar-refractivity contribution in [2.75, 3.05) is 36.2 Å². The Labute approximate surface area is 227 Å². The first-order chi connectivity index (χ1) is 18.6. The summed E-state index contributed by atoms with van der Waals surface area (Å²) in [5.74, 6) is -0.120. The number of alkyl halides is 3. The van der Waals surface area contributed by atoms with Gasteiger partial charge in [-0.1, -0.05) is 35.9 Å². The molecule has 8 nitrogen and oxygen atoms in total. The molecule has 1 unspecified atom stereocenters. The molecular formula is C27H27ClF3N5O3. The molecule has 12 heteroatoms. The number of aliphatic hydroxyl groups is 1. The molecule has 39 heavy (non-hydrogen) atoms. The number of aromatic amines is 1. The predicted octanol–water partition coefficient (Wildman–Crippen LogP) is 6.35. The van der Waals surface area contributed by atoms with Crippen LogP contribution in [0.3, 0.4) is 0 Å². The van der Waals surface area contributed by atoms with E-state index in [1.807, 2.05) is 0 Å². The lowest BCUT2D eigenvalue weighted by Crippen LogP contribution is -2.18. The van der Waals surface area contributed by atoms with Crippen LogP contribution in [0.4, 0.5) is 30.5 Å². The van der Waals surface area contributed by atoms with Gasteiger partial charge >= 0.3 is 6.18 Å². The molecule has 4 rings (SSSR count). The van der Waals surface area contributed by atoms with Crippen molar-refractivity contribution in [2.24, 2.45) is 0 Å². The van der Waals surface area contributed by atoms with Gasteiger partial charge < -0.3 is 30.8 Å². The molecular weight excluding hydrogens is 535 g/mol. The number of nitrogens with zero attached hydrogens (tertiary/aromatic N) is 1. The summed E-state index contributed by atoms with van der Waals surface area (Å²) < 4.78 is 45.6. The number of anilines is 3. The Morgan fingerprint density at radius 3 is 2.69 bits per heavy atom. The van der Waals surface area contributed by atoms with Crippen molar-refractivity contribution in [3.05, 3.63) is 81.9 Å². The van der Waals surface area contributed by atoms with E-state index in [0.717, 1.165) is 6.07 Å². The van der Waals surface area contributed by atoms with Crippen molar-refractivity contribution in [1.29, 1.82) is 0 Å². The number of nitrogens with one attached hydrogen (secondary N) is 4. The van der Waals surface area contributed by atoms with E-state index in [-0.39, 0.29) is 16.8 Å². The molecule has 4 aromatic rings. The largest absolute Gasteiger partial charge is 0.416 e. The number of hydrogen-bond acceptors (Lipinski definition) is 6. The van der Waals surface area contributed by atoms with E-state index < -0.39 is 23.9 Å². The average Bonchev–Trinajstić information content (AvgIpc) is 3.31. The maximum Gasteiger partial charge on any atom is 0.416 e. The molecule has 1 aromatic heterocycles. The highest BCUT2D eigenvalue weighted by Gasteiger charge is 2.34. The van der Waals surface area contributed by atoms with Crippen molar-refractivity contribution in [2.45, 2.75) is 25.7 Å². The highest BCUT2D eigenvalue weighted by atomic mass is 35.5. The Balaban J connectivity index is 1.70. The molecule has 0 saturated carbocycles. The minimum atomic E-state index is -4.66. The van der Waals surface area contributed by atoms with Crippen LogP contribution >= 0.6 is 11.6 Å². The van der Waals surface area contributed by atoms with Gasteiger partial charge in [-0.15, -0.1) is 0 Å². The van der Waals surface area contributed by atoms with Gasteiger partial charge in [0.1, 0.15) is 5.52 Å². The number of aromatic nitrogens is 2. The van der Waals surface area contributed by atoms with Crippen LogP contribution in [0.1, 0.15) is 39.7 Å². The van der Waals surface area contributed by atoms with Crippen LogP contribution in [0.2, 0.25) is 5.02 Å². The van der Waals surface area contributed by atoms with Crippen LogP contribution < -0.4 is 16.0 Å². The monoisotopic (exact) mass is 561 g/mol. The summed E-state index contributed by atoms with van der Waals surface area (Å²) >= 11 is 6.19. The standard InChI is InChI=1S/C27H27ClF3N5O3/c1-15-20(28)9-5-10-21(15)34-25(38)18-13-16(14-22-23(18)36-26(35-22)32-11-6-12-39-2)33-24(37)17-7-3-4-8-19(17)27(29,30)31/h3-5,7-10,13-14,24,33,37H,6,11-12H2,1-2H3,(H,34,38)(H2,32,35,36). The number of fused-ring (bicyclic) bond motifs is 1. The Morgan fingerprint density at radius 2 is 1.95 bits per heavy atom. The third-order valence-electron chi connectivity index (χ3n) is 6.03. The highest BCUT2D eigenvalue weighted by molar-refractivity contribution is 6.31. The van der Waals surface area contributed by atoms with E-state index in [0.29, 0.717) is 52.8 Å². The molecule has 0 aliphatic rings. The number of carbonyl (C=O) groups is 1.